The van der Waals surface area contributed by atoms with Crippen LogP contribution < -0.4 is 5.32 Å². The fourth-order valence-electron chi connectivity index (χ4n) is 4.80. The van der Waals surface area contributed by atoms with Gasteiger partial charge in [-0.1, -0.05) is 0 Å². The lowest BCUT2D eigenvalue weighted by Gasteiger charge is -2.29. The second-order valence-electron chi connectivity index (χ2n) is 9.01. The molecule has 0 amide bonds. The zero-order valence-corrected chi connectivity index (χ0v) is 19.2. The molecule has 1 aliphatic carbocycles. The smallest absolute Gasteiger partial charge is 0.350 e. The van der Waals surface area contributed by atoms with E-state index in [1.807, 2.05) is 25.4 Å². The molecular weight excluding hydrogens is 447 g/mol. The normalized spacial score (nSPS) is 19.4. The number of nitrogens with zero attached hydrogens (tertiary/aromatic N) is 6. The van der Waals surface area contributed by atoms with Crippen LogP contribution in [0.15, 0.2) is 30.7 Å². The first-order chi connectivity index (χ1) is 16.2. The number of alkyl halides is 3. The quantitative estimate of drug-likeness (QED) is 0.424. The molecule has 11 heteroatoms. The first-order valence-electron chi connectivity index (χ1n) is 11.4. The van der Waals surface area contributed by atoms with Crippen molar-refractivity contribution in [3.8, 4) is 11.1 Å². The van der Waals surface area contributed by atoms with E-state index in [2.05, 4.69) is 54.6 Å². The second kappa shape index (κ2) is 8.53. The van der Waals surface area contributed by atoms with E-state index in [4.69, 9.17) is 0 Å². The van der Waals surface area contributed by atoms with Crippen LogP contribution in [0.4, 0.5) is 19.1 Å². The van der Waals surface area contributed by atoms with Gasteiger partial charge in [0.25, 0.3) is 0 Å². The number of anilines is 1. The Hall–Kier alpha value is -3.21. The summed E-state index contributed by atoms with van der Waals surface area (Å²) in [4.78, 5) is 13.6. The van der Waals surface area contributed by atoms with E-state index in [1.165, 1.54) is 0 Å². The second-order valence-corrected chi connectivity index (χ2v) is 9.01. The van der Waals surface area contributed by atoms with Crippen LogP contribution >= 0.6 is 0 Å². The molecule has 0 spiro atoms. The number of aryl methyl sites for hydroxylation is 1. The Morgan fingerprint density at radius 1 is 1.09 bits per heavy atom. The molecule has 1 N–H and O–H groups in total. The number of pyridine rings is 1. The number of hydrogen-bond donors (Lipinski definition) is 1. The maximum absolute atomic E-state index is 12.4. The van der Waals surface area contributed by atoms with Crippen molar-refractivity contribution in [3.63, 3.8) is 0 Å². The van der Waals surface area contributed by atoms with E-state index in [-0.39, 0.29) is 12.1 Å². The SMILES string of the molecule is Cc1nc2ncc(-c3ccn4nc(N[C@H]5CC[C@@H](OC(F)(F)F)CC5)ncc34)cc2n1C(C)C. The summed E-state index contributed by atoms with van der Waals surface area (Å²) in [5.41, 5.74) is 4.44. The average Bonchev–Trinajstić information content (AvgIpc) is 3.33. The van der Waals surface area contributed by atoms with Gasteiger partial charge in [0.15, 0.2) is 5.65 Å². The molecule has 4 aromatic rings. The Morgan fingerprint density at radius 3 is 2.56 bits per heavy atom. The Labute approximate surface area is 194 Å². The van der Waals surface area contributed by atoms with Gasteiger partial charge in [0.1, 0.15) is 5.82 Å². The van der Waals surface area contributed by atoms with Gasteiger partial charge in [-0.3, -0.25) is 4.74 Å². The van der Waals surface area contributed by atoms with Gasteiger partial charge in [-0.2, -0.15) is 0 Å². The lowest BCUT2D eigenvalue weighted by Crippen LogP contribution is -2.33. The number of nitrogens with one attached hydrogen (secondary N) is 1. The Morgan fingerprint density at radius 2 is 1.85 bits per heavy atom. The fraction of sp³-hybridized carbons (Fsp3) is 0.478. The number of aromatic nitrogens is 6. The van der Waals surface area contributed by atoms with Gasteiger partial charge in [0.2, 0.25) is 5.95 Å². The highest BCUT2D eigenvalue weighted by molar-refractivity contribution is 5.85. The molecule has 5 rings (SSSR count). The number of fused-ring (bicyclic) bond motifs is 2. The van der Waals surface area contributed by atoms with Crippen LogP contribution in [0.25, 0.3) is 27.8 Å². The van der Waals surface area contributed by atoms with Crippen molar-refractivity contribution >= 4 is 22.6 Å². The fourth-order valence-corrected chi connectivity index (χ4v) is 4.80. The monoisotopic (exact) mass is 473 g/mol. The summed E-state index contributed by atoms with van der Waals surface area (Å²) in [7, 11) is 0. The molecule has 0 atom stereocenters. The van der Waals surface area contributed by atoms with Gasteiger partial charge in [-0.05, 0) is 58.6 Å². The molecule has 0 aliphatic heterocycles. The lowest BCUT2D eigenvalue weighted by atomic mass is 9.93. The van der Waals surface area contributed by atoms with E-state index >= 15 is 0 Å². The Bertz CT molecular complexity index is 1320. The number of hydrogen-bond acceptors (Lipinski definition) is 6. The van der Waals surface area contributed by atoms with E-state index in [0.29, 0.717) is 31.6 Å². The zero-order valence-electron chi connectivity index (χ0n) is 19.2. The van der Waals surface area contributed by atoms with Crippen molar-refractivity contribution in [2.24, 2.45) is 0 Å². The molecule has 0 unspecified atom stereocenters. The van der Waals surface area contributed by atoms with Crippen molar-refractivity contribution < 1.29 is 17.9 Å². The van der Waals surface area contributed by atoms with Crippen molar-refractivity contribution in [1.29, 1.82) is 0 Å². The van der Waals surface area contributed by atoms with E-state index in [9.17, 15) is 13.2 Å². The maximum atomic E-state index is 12.4. The van der Waals surface area contributed by atoms with Crippen LogP contribution in [-0.4, -0.2) is 47.6 Å². The molecule has 1 saturated carbocycles. The molecule has 1 aliphatic rings. The van der Waals surface area contributed by atoms with Crippen LogP contribution in [0.2, 0.25) is 0 Å². The topological polar surface area (TPSA) is 82.2 Å². The highest BCUT2D eigenvalue weighted by Gasteiger charge is 2.35. The molecule has 0 saturated heterocycles. The van der Waals surface area contributed by atoms with Crippen LogP contribution in [0.5, 0.6) is 0 Å². The molecule has 8 nitrogen and oxygen atoms in total. The number of imidazole rings is 1. The minimum Gasteiger partial charge on any atom is -0.350 e. The average molecular weight is 474 g/mol. The lowest BCUT2D eigenvalue weighted by molar-refractivity contribution is -0.345. The summed E-state index contributed by atoms with van der Waals surface area (Å²) in [6.07, 6.45) is 1.86. The van der Waals surface area contributed by atoms with Gasteiger partial charge >= 0.3 is 6.36 Å². The van der Waals surface area contributed by atoms with Gasteiger partial charge in [0, 0.05) is 35.6 Å². The molecule has 0 bridgehead atoms. The summed E-state index contributed by atoms with van der Waals surface area (Å²) in [5.74, 6) is 1.37. The van der Waals surface area contributed by atoms with Crippen LogP contribution in [-0.2, 0) is 4.74 Å². The number of rotatable bonds is 5. The molecule has 34 heavy (non-hydrogen) atoms. The molecular formula is C23H26F3N7O. The van der Waals surface area contributed by atoms with Crippen LogP contribution in [0.1, 0.15) is 51.4 Å². The van der Waals surface area contributed by atoms with Crippen molar-refractivity contribution in [1.82, 2.24) is 29.1 Å². The first-order valence-corrected chi connectivity index (χ1v) is 11.4. The Kier molecular flexibility index (Phi) is 5.67. The minimum atomic E-state index is -4.58. The Balaban J connectivity index is 1.34. The maximum Gasteiger partial charge on any atom is 0.522 e. The van der Waals surface area contributed by atoms with E-state index < -0.39 is 12.5 Å². The molecule has 0 aromatic carbocycles. The first kappa shape index (κ1) is 22.6. The number of halogens is 3. The van der Waals surface area contributed by atoms with Gasteiger partial charge in [0.05, 0.1) is 23.3 Å². The molecule has 180 valence electrons. The third-order valence-electron chi connectivity index (χ3n) is 6.28. The third kappa shape index (κ3) is 4.44. The minimum absolute atomic E-state index is 0.00623. The largest absolute Gasteiger partial charge is 0.522 e. The molecule has 0 radical (unpaired) electrons. The summed E-state index contributed by atoms with van der Waals surface area (Å²) >= 11 is 0. The summed E-state index contributed by atoms with van der Waals surface area (Å²) in [6.45, 7) is 6.22. The predicted molar refractivity (Wildman–Crippen MR) is 121 cm³/mol. The predicted octanol–water partition coefficient (Wildman–Crippen LogP) is 5.29. The zero-order chi connectivity index (χ0) is 24.0. The highest BCUT2D eigenvalue weighted by atomic mass is 19.4. The summed E-state index contributed by atoms with van der Waals surface area (Å²) < 4.78 is 45.3. The number of ether oxygens (including phenoxy) is 1. The molecule has 4 aromatic heterocycles. The standard InChI is InChI=1S/C23H26F3N7O/c1-13(2)33-14(3)29-21-19(33)10-15(11-27-21)18-8-9-32-20(18)12-28-22(31-32)30-16-4-6-17(7-5-16)34-23(24,25)26/h8-13,16-17H,4-7H2,1-3H3,(H,30,31)/t16-,17+. The van der Waals surface area contributed by atoms with E-state index in [1.54, 1.807) is 10.7 Å². The molecule has 1 fully saturated rings. The van der Waals surface area contributed by atoms with Gasteiger partial charge < -0.3 is 9.88 Å². The van der Waals surface area contributed by atoms with Crippen molar-refractivity contribution in [3.05, 3.63) is 36.5 Å². The van der Waals surface area contributed by atoms with Crippen molar-refractivity contribution in [2.45, 2.75) is 71.0 Å². The van der Waals surface area contributed by atoms with Crippen molar-refractivity contribution in [2.75, 3.05) is 5.32 Å². The van der Waals surface area contributed by atoms with Crippen LogP contribution in [0.3, 0.4) is 0 Å². The summed E-state index contributed by atoms with van der Waals surface area (Å²) in [5, 5.41) is 7.80. The highest BCUT2D eigenvalue weighted by Crippen LogP contribution is 2.31. The van der Waals surface area contributed by atoms with Gasteiger partial charge in [-0.15, -0.1) is 18.3 Å². The summed E-state index contributed by atoms with van der Waals surface area (Å²) in [6, 6.07) is 4.33. The van der Waals surface area contributed by atoms with Crippen LogP contribution in [0, 0.1) is 6.92 Å². The molecule has 4 heterocycles. The van der Waals surface area contributed by atoms with E-state index in [0.717, 1.165) is 33.6 Å². The third-order valence-corrected chi connectivity index (χ3v) is 6.28. The van der Waals surface area contributed by atoms with Gasteiger partial charge in [-0.25, -0.2) is 19.5 Å².